The summed E-state index contributed by atoms with van der Waals surface area (Å²) in [5, 5.41) is 6.54. The molecule has 0 unspecified atom stereocenters. The number of hydrogen-bond acceptors (Lipinski definition) is 2. The van der Waals surface area contributed by atoms with Crippen molar-refractivity contribution in [1.29, 1.82) is 0 Å². The number of carbonyl (C=O) groups is 1. The van der Waals surface area contributed by atoms with Gasteiger partial charge < -0.3 is 10.6 Å². The summed E-state index contributed by atoms with van der Waals surface area (Å²) < 4.78 is 14.4. The summed E-state index contributed by atoms with van der Waals surface area (Å²) in [6.07, 6.45) is 0.616. The number of amides is 1. The quantitative estimate of drug-likeness (QED) is 0.846. The second-order valence-electron chi connectivity index (χ2n) is 5.74. The minimum absolute atomic E-state index is 0.0944. The second kappa shape index (κ2) is 4.80. The lowest BCUT2D eigenvalue weighted by molar-refractivity contribution is -0.121. The van der Waals surface area contributed by atoms with E-state index in [0.717, 1.165) is 11.3 Å². The molecule has 2 heterocycles. The summed E-state index contributed by atoms with van der Waals surface area (Å²) in [5.74, 6) is -0.480. The monoisotopic (exact) mass is 316 g/mol. The molecule has 0 aromatic heterocycles. The highest BCUT2D eigenvalue weighted by molar-refractivity contribution is 6.31. The fraction of sp³-hybridized carbons (Fsp3) is 0.235. The molecule has 2 aromatic carbocycles. The van der Waals surface area contributed by atoms with Crippen LogP contribution in [0.5, 0.6) is 0 Å². The van der Waals surface area contributed by atoms with E-state index >= 15 is 0 Å². The molecule has 1 saturated heterocycles. The lowest BCUT2D eigenvalue weighted by Crippen LogP contribution is -2.40. The van der Waals surface area contributed by atoms with Crippen molar-refractivity contribution in [2.75, 3.05) is 11.9 Å². The molecular formula is C17H14ClFN2O. The van der Waals surface area contributed by atoms with Crippen LogP contribution in [0.15, 0.2) is 42.5 Å². The van der Waals surface area contributed by atoms with Gasteiger partial charge in [-0.25, -0.2) is 4.39 Å². The number of halogens is 2. The van der Waals surface area contributed by atoms with Crippen molar-refractivity contribution < 1.29 is 9.18 Å². The van der Waals surface area contributed by atoms with Crippen molar-refractivity contribution in [1.82, 2.24) is 5.32 Å². The molecule has 1 amide bonds. The van der Waals surface area contributed by atoms with Gasteiger partial charge in [0.1, 0.15) is 5.82 Å². The Hall–Kier alpha value is -1.91. The highest BCUT2D eigenvalue weighted by Gasteiger charge is 2.56. The van der Waals surface area contributed by atoms with E-state index in [0.29, 0.717) is 23.6 Å². The standard InChI is InChI=1S/C17H14ClFN2O/c18-11-5-3-6-12(19)14(11)15-17(8-9-20-15)10-4-1-2-7-13(10)21-16(17)22/h1-7,15,20H,8-9H2,(H,21,22)/t15-,17+/m1/s1. The van der Waals surface area contributed by atoms with Gasteiger partial charge >= 0.3 is 0 Å². The molecule has 4 rings (SSSR count). The Morgan fingerprint density at radius 3 is 2.82 bits per heavy atom. The lowest BCUT2D eigenvalue weighted by atomic mass is 9.73. The van der Waals surface area contributed by atoms with Crippen LogP contribution >= 0.6 is 11.6 Å². The molecule has 5 heteroatoms. The first-order chi connectivity index (χ1) is 10.6. The van der Waals surface area contributed by atoms with Gasteiger partial charge in [-0.1, -0.05) is 35.9 Å². The summed E-state index contributed by atoms with van der Waals surface area (Å²) in [4.78, 5) is 12.7. The van der Waals surface area contributed by atoms with Crippen molar-refractivity contribution >= 4 is 23.2 Å². The van der Waals surface area contributed by atoms with Crippen molar-refractivity contribution in [3.63, 3.8) is 0 Å². The predicted molar refractivity (Wildman–Crippen MR) is 83.5 cm³/mol. The maximum atomic E-state index is 14.4. The molecular weight excluding hydrogens is 303 g/mol. The van der Waals surface area contributed by atoms with Crippen molar-refractivity contribution in [2.24, 2.45) is 0 Å². The lowest BCUT2D eigenvalue weighted by Gasteiger charge is -2.30. The number of hydrogen-bond donors (Lipinski definition) is 2. The number of benzene rings is 2. The topological polar surface area (TPSA) is 41.1 Å². The first kappa shape index (κ1) is 13.7. The number of carbonyl (C=O) groups excluding carboxylic acids is 1. The van der Waals surface area contributed by atoms with Gasteiger partial charge in [0.15, 0.2) is 0 Å². The smallest absolute Gasteiger partial charge is 0.237 e. The summed E-state index contributed by atoms with van der Waals surface area (Å²) >= 11 is 6.23. The van der Waals surface area contributed by atoms with Gasteiger partial charge in [0.25, 0.3) is 0 Å². The average Bonchev–Trinajstić information content (AvgIpc) is 3.04. The van der Waals surface area contributed by atoms with E-state index in [9.17, 15) is 9.18 Å². The largest absolute Gasteiger partial charge is 0.325 e. The van der Waals surface area contributed by atoms with E-state index in [4.69, 9.17) is 11.6 Å². The fourth-order valence-electron chi connectivity index (χ4n) is 3.74. The van der Waals surface area contributed by atoms with Crippen LogP contribution < -0.4 is 10.6 Å². The van der Waals surface area contributed by atoms with Gasteiger partial charge in [-0.3, -0.25) is 4.79 Å². The maximum Gasteiger partial charge on any atom is 0.237 e. The molecule has 0 aliphatic carbocycles. The maximum absolute atomic E-state index is 14.4. The van der Waals surface area contributed by atoms with Crippen LogP contribution in [0.4, 0.5) is 10.1 Å². The van der Waals surface area contributed by atoms with Crippen molar-refractivity contribution in [3.05, 3.63) is 64.4 Å². The zero-order valence-electron chi connectivity index (χ0n) is 11.7. The third-order valence-corrected chi connectivity index (χ3v) is 5.04. The van der Waals surface area contributed by atoms with Crippen LogP contribution in [0.1, 0.15) is 23.6 Å². The van der Waals surface area contributed by atoms with E-state index in [1.165, 1.54) is 6.07 Å². The van der Waals surface area contributed by atoms with Crippen LogP contribution in [0.2, 0.25) is 5.02 Å². The number of fused-ring (bicyclic) bond motifs is 2. The Balaban J connectivity index is 1.94. The third kappa shape index (κ3) is 1.68. The molecule has 2 aromatic rings. The molecule has 1 fully saturated rings. The Bertz CT molecular complexity index is 759. The number of para-hydroxylation sites is 1. The van der Waals surface area contributed by atoms with E-state index in [1.807, 2.05) is 24.3 Å². The second-order valence-corrected chi connectivity index (χ2v) is 6.15. The SMILES string of the molecule is O=C1Nc2ccccc2[C@]12CCN[C@@H]2c1c(F)cccc1Cl. The van der Waals surface area contributed by atoms with E-state index in [-0.39, 0.29) is 11.7 Å². The fourth-order valence-corrected chi connectivity index (χ4v) is 4.01. The van der Waals surface area contributed by atoms with Crippen molar-refractivity contribution in [2.45, 2.75) is 17.9 Å². The Morgan fingerprint density at radius 1 is 1.18 bits per heavy atom. The van der Waals surface area contributed by atoms with Gasteiger partial charge in [-0.05, 0) is 36.7 Å². The minimum Gasteiger partial charge on any atom is -0.325 e. The molecule has 2 aliphatic rings. The first-order valence-electron chi connectivity index (χ1n) is 7.23. The van der Waals surface area contributed by atoms with Gasteiger partial charge in [-0.2, -0.15) is 0 Å². The van der Waals surface area contributed by atoms with Gasteiger partial charge in [0, 0.05) is 16.3 Å². The molecule has 112 valence electrons. The third-order valence-electron chi connectivity index (χ3n) is 4.71. The minimum atomic E-state index is -0.803. The van der Waals surface area contributed by atoms with E-state index < -0.39 is 11.5 Å². The van der Waals surface area contributed by atoms with Crippen molar-refractivity contribution in [3.8, 4) is 0 Å². The average molecular weight is 317 g/mol. The highest BCUT2D eigenvalue weighted by atomic mass is 35.5. The molecule has 2 N–H and O–H groups in total. The first-order valence-corrected chi connectivity index (χ1v) is 7.60. The van der Waals surface area contributed by atoms with Crippen LogP contribution in [-0.2, 0) is 10.2 Å². The highest BCUT2D eigenvalue weighted by Crippen LogP contribution is 2.52. The summed E-state index contributed by atoms with van der Waals surface area (Å²) in [5.41, 5.74) is 1.28. The molecule has 0 radical (unpaired) electrons. The molecule has 2 aliphatic heterocycles. The van der Waals surface area contributed by atoms with E-state index in [2.05, 4.69) is 10.6 Å². The molecule has 1 spiro atoms. The normalized spacial score (nSPS) is 26.3. The van der Waals surface area contributed by atoms with Gasteiger partial charge in [0.05, 0.1) is 11.5 Å². The Labute approximate surface area is 132 Å². The Morgan fingerprint density at radius 2 is 2.00 bits per heavy atom. The number of anilines is 1. The zero-order valence-corrected chi connectivity index (χ0v) is 12.5. The molecule has 2 atom stereocenters. The molecule has 0 saturated carbocycles. The Kier molecular flexibility index (Phi) is 2.99. The van der Waals surface area contributed by atoms with Gasteiger partial charge in [-0.15, -0.1) is 0 Å². The van der Waals surface area contributed by atoms with Crippen LogP contribution in [0.3, 0.4) is 0 Å². The van der Waals surface area contributed by atoms with E-state index in [1.54, 1.807) is 12.1 Å². The summed E-state index contributed by atoms with van der Waals surface area (Å²) in [6.45, 7) is 0.636. The summed E-state index contributed by atoms with van der Waals surface area (Å²) in [7, 11) is 0. The molecule has 0 bridgehead atoms. The van der Waals surface area contributed by atoms with Crippen LogP contribution in [-0.4, -0.2) is 12.5 Å². The van der Waals surface area contributed by atoms with Gasteiger partial charge in [0.2, 0.25) is 5.91 Å². The number of nitrogens with one attached hydrogen (secondary N) is 2. The van der Waals surface area contributed by atoms with Crippen LogP contribution in [0, 0.1) is 5.82 Å². The molecule has 22 heavy (non-hydrogen) atoms. The predicted octanol–water partition coefficient (Wildman–Crippen LogP) is 3.40. The number of rotatable bonds is 1. The van der Waals surface area contributed by atoms with Crippen LogP contribution in [0.25, 0.3) is 0 Å². The molecule has 3 nitrogen and oxygen atoms in total. The zero-order chi connectivity index (χ0) is 15.3. The summed E-state index contributed by atoms with van der Waals surface area (Å²) in [6, 6.07) is 11.7.